The number of piperidine rings is 1. The van der Waals surface area contributed by atoms with E-state index in [1.54, 1.807) is 7.05 Å². The van der Waals surface area contributed by atoms with Crippen LogP contribution in [-0.4, -0.2) is 40.5 Å². The second kappa shape index (κ2) is 7.82. The van der Waals surface area contributed by atoms with Gasteiger partial charge in [0.1, 0.15) is 5.82 Å². The summed E-state index contributed by atoms with van der Waals surface area (Å²) in [5.41, 5.74) is 3.19. The van der Waals surface area contributed by atoms with Gasteiger partial charge in [0.15, 0.2) is 0 Å². The van der Waals surface area contributed by atoms with Gasteiger partial charge in [-0.2, -0.15) is 0 Å². The number of para-hydroxylation sites is 2. The van der Waals surface area contributed by atoms with Crippen LogP contribution in [0.2, 0.25) is 0 Å². The summed E-state index contributed by atoms with van der Waals surface area (Å²) in [6.45, 7) is 2.51. The van der Waals surface area contributed by atoms with E-state index in [2.05, 4.69) is 55.0 Å². The number of rotatable bonds is 4. The van der Waals surface area contributed by atoms with Crippen LogP contribution in [0.15, 0.2) is 53.0 Å². The number of aromatic nitrogens is 2. The predicted octanol–water partition coefficient (Wildman–Crippen LogP) is 3.75. The SMILES string of the molecule is CNC(=O)[C@H]1CCCN(Cc2nc3ccccc3n2-c2cccc(Br)c2)C1. The van der Waals surface area contributed by atoms with E-state index in [1.807, 2.05) is 24.3 Å². The average Bonchev–Trinajstić information content (AvgIpc) is 3.05. The second-order valence-corrected chi connectivity index (χ2v) is 7.94. The lowest BCUT2D eigenvalue weighted by Crippen LogP contribution is -2.42. The molecule has 3 aromatic rings. The first kappa shape index (κ1) is 18.2. The molecule has 1 saturated heterocycles. The first-order valence-corrected chi connectivity index (χ1v) is 10.1. The molecule has 0 spiro atoms. The minimum Gasteiger partial charge on any atom is -0.359 e. The van der Waals surface area contributed by atoms with Crippen molar-refractivity contribution in [1.29, 1.82) is 0 Å². The molecule has 1 aromatic heterocycles. The number of benzene rings is 2. The van der Waals surface area contributed by atoms with Gasteiger partial charge in [-0.3, -0.25) is 14.3 Å². The summed E-state index contributed by atoms with van der Waals surface area (Å²) >= 11 is 3.58. The molecule has 0 saturated carbocycles. The zero-order valence-electron chi connectivity index (χ0n) is 15.4. The molecule has 0 unspecified atom stereocenters. The van der Waals surface area contributed by atoms with Gasteiger partial charge >= 0.3 is 0 Å². The van der Waals surface area contributed by atoms with Gasteiger partial charge in [0.05, 0.1) is 23.5 Å². The standard InChI is InChI=1S/C21H23BrN4O/c1-23-21(27)15-6-5-11-25(13-15)14-20-24-18-9-2-3-10-19(18)26(20)17-8-4-7-16(22)12-17/h2-4,7-10,12,15H,5-6,11,13-14H2,1H3,(H,23,27)/t15-/m0/s1. The number of nitrogens with zero attached hydrogens (tertiary/aromatic N) is 3. The van der Waals surface area contributed by atoms with E-state index in [9.17, 15) is 4.79 Å². The highest BCUT2D eigenvalue weighted by atomic mass is 79.9. The summed E-state index contributed by atoms with van der Waals surface area (Å²) in [5, 5.41) is 2.79. The highest BCUT2D eigenvalue weighted by Gasteiger charge is 2.26. The van der Waals surface area contributed by atoms with E-state index < -0.39 is 0 Å². The lowest BCUT2D eigenvalue weighted by atomic mass is 9.97. The zero-order chi connectivity index (χ0) is 18.8. The first-order valence-electron chi connectivity index (χ1n) is 9.32. The summed E-state index contributed by atoms with van der Waals surface area (Å²) in [7, 11) is 1.72. The fourth-order valence-electron chi connectivity index (χ4n) is 3.90. The third-order valence-electron chi connectivity index (χ3n) is 5.18. The van der Waals surface area contributed by atoms with Crippen LogP contribution in [0, 0.1) is 5.92 Å². The van der Waals surface area contributed by atoms with Crippen molar-refractivity contribution in [3.8, 4) is 5.69 Å². The van der Waals surface area contributed by atoms with Crippen LogP contribution in [-0.2, 0) is 11.3 Å². The Morgan fingerprint density at radius 2 is 2.11 bits per heavy atom. The van der Waals surface area contributed by atoms with Gasteiger partial charge in [-0.1, -0.05) is 34.1 Å². The molecule has 0 aliphatic carbocycles. The maximum atomic E-state index is 12.1. The maximum Gasteiger partial charge on any atom is 0.224 e. The van der Waals surface area contributed by atoms with Crippen LogP contribution in [0.25, 0.3) is 16.7 Å². The molecular weight excluding hydrogens is 404 g/mol. The molecule has 0 bridgehead atoms. The highest BCUT2D eigenvalue weighted by Crippen LogP contribution is 2.26. The summed E-state index contributed by atoms with van der Waals surface area (Å²) < 4.78 is 3.27. The number of carbonyl (C=O) groups excluding carboxylic acids is 1. The van der Waals surface area contributed by atoms with Gasteiger partial charge in [-0.15, -0.1) is 0 Å². The molecule has 2 aromatic carbocycles. The maximum absolute atomic E-state index is 12.1. The van der Waals surface area contributed by atoms with E-state index in [4.69, 9.17) is 4.98 Å². The molecular formula is C21H23BrN4O. The lowest BCUT2D eigenvalue weighted by molar-refractivity contribution is -0.126. The Labute approximate surface area is 167 Å². The van der Waals surface area contributed by atoms with Crippen LogP contribution in [0.5, 0.6) is 0 Å². The quantitative estimate of drug-likeness (QED) is 0.690. The monoisotopic (exact) mass is 426 g/mol. The molecule has 27 heavy (non-hydrogen) atoms. The van der Waals surface area contributed by atoms with Crippen molar-refractivity contribution in [2.24, 2.45) is 5.92 Å². The zero-order valence-corrected chi connectivity index (χ0v) is 16.9. The van der Waals surface area contributed by atoms with Gasteiger partial charge in [0.25, 0.3) is 0 Å². The number of hydrogen-bond donors (Lipinski definition) is 1. The molecule has 1 amide bonds. The van der Waals surface area contributed by atoms with Crippen molar-refractivity contribution in [3.05, 3.63) is 58.8 Å². The molecule has 5 nitrogen and oxygen atoms in total. The van der Waals surface area contributed by atoms with Crippen molar-refractivity contribution >= 4 is 32.9 Å². The van der Waals surface area contributed by atoms with E-state index in [-0.39, 0.29) is 11.8 Å². The van der Waals surface area contributed by atoms with Crippen LogP contribution < -0.4 is 5.32 Å². The van der Waals surface area contributed by atoms with Crippen molar-refractivity contribution in [2.45, 2.75) is 19.4 Å². The number of carbonyl (C=O) groups is 1. The smallest absolute Gasteiger partial charge is 0.224 e. The molecule has 140 valence electrons. The van der Waals surface area contributed by atoms with Crippen LogP contribution in [0.4, 0.5) is 0 Å². The van der Waals surface area contributed by atoms with Gasteiger partial charge < -0.3 is 5.32 Å². The molecule has 1 atom stereocenters. The summed E-state index contributed by atoms with van der Waals surface area (Å²) in [6.07, 6.45) is 1.99. The van der Waals surface area contributed by atoms with E-state index in [0.29, 0.717) is 0 Å². The number of halogens is 1. The minimum absolute atomic E-state index is 0.0625. The number of likely N-dealkylation sites (tertiary alicyclic amines) is 1. The number of amides is 1. The van der Waals surface area contributed by atoms with Crippen molar-refractivity contribution in [3.63, 3.8) is 0 Å². The summed E-state index contributed by atoms with van der Waals surface area (Å²) in [5.74, 6) is 1.21. The van der Waals surface area contributed by atoms with Gasteiger partial charge in [0, 0.05) is 23.8 Å². The number of nitrogens with one attached hydrogen (secondary N) is 1. The van der Waals surface area contributed by atoms with Crippen LogP contribution in [0.1, 0.15) is 18.7 Å². The minimum atomic E-state index is 0.0625. The molecule has 1 aliphatic rings. The van der Waals surface area contributed by atoms with Gasteiger partial charge in [-0.25, -0.2) is 4.98 Å². The fourth-order valence-corrected chi connectivity index (χ4v) is 4.29. The predicted molar refractivity (Wildman–Crippen MR) is 111 cm³/mol. The normalized spacial score (nSPS) is 17.9. The third kappa shape index (κ3) is 3.77. The molecule has 1 fully saturated rings. The first-order chi connectivity index (χ1) is 13.2. The number of fused-ring (bicyclic) bond motifs is 1. The van der Waals surface area contributed by atoms with Crippen LogP contribution in [0.3, 0.4) is 0 Å². The summed E-state index contributed by atoms with van der Waals surface area (Å²) in [6, 6.07) is 16.5. The Bertz CT molecular complexity index is 968. The van der Waals surface area contributed by atoms with Gasteiger partial charge in [-0.05, 0) is 49.7 Å². The highest BCUT2D eigenvalue weighted by molar-refractivity contribution is 9.10. The van der Waals surface area contributed by atoms with Crippen molar-refractivity contribution in [1.82, 2.24) is 19.8 Å². The Kier molecular flexibility index (Phi) is 5.27. The number of hydrogen-bond acceptors (Lipinski definition) is 3. The van der Waals surface area contributed by atoms with Crippen molar-refractivity contribution < 1.29 is 4.79 Å². The topological polar surface area (TPSA) is 50.2 Å². The Balaban J connectivity index is 1.69. The second-order valence-electron chi connectivity index (χ2n) is 7.02. The fraction of sp³-hybridized carbons (Fsp3) is 0.333. The molecule has 6 heteroatoms. The average molecular weight is 427 g/mol. The Hall–Kier alpha value is -2.18. The van der Waals surface area contributed by atoms with E-state index in [1.165, 1.54) is 0 Å². The third-order valence-corrected chi connectivity index (χ3v) is 5.68. The van der Waals surface area contributed by atoms with Crippen LogP contribution >= 0.6 is 15.9 Å². The Morgan fingerprint density at radius 1 is 1.26 bits per heavy atom. The lowest BCUT2D eigenvalue weighted by Gasteiger charge is -2.31. The molecule has 2 heterocycles. The number of imidazole rings is 1. The van der Waals surface area contributed by atoms with Crippen molar-refractivity contribution in [2.75, 3.05) is 20.1 Å². The largest absolute Gasteiger partial charge is 0.359 e. The molecule has 1 aliphatic heterocycles. The summed E-state index contributed by atoms with van der Waals surface area (Å²) in [4.78, 5) is 19.3. The van der Waals surface area contributed by atoms with Gasteiger partial charge in [0.2, 0.25) is 5.91 Å². The molecule has 1 N–H and O–H groups in total. The molecule has 0 radical (unpaired) electrons. The molecule has 4 rings (SSSR count). The van der Waals surface area contributed by atoms with E-state index >= 15 is 0 Å². The Morgan fingerprint density at radius 3 is 2.93 bits per heavy atom. The van der Waals surface area contributed by atoms with E-state index in [0.717, 1.165) is 59.5 Å².